The van der Waals surface area contributed by atoms with Gasteiger partial charge >= 0.3 is 27.8 Å². The Kier molecular flexibility index (Phi) is 17.3. The molecule has 8 rings (SSSR count). The molecule has 8 aliphatic carbocycles. The SMILES string of the molecule is C.CO.CO[C@@H]1C[C@@H]2[C@H](CC[C@]3(C)[C@@H](C(=O)CBr)CC[C@@H]23)[C@H]2CC[C@@](C)(O)C[C@@H]21.CO[C@@H]1C[C@@H]2[C@H](CC[C@]3(C)[C@@H](C(C)=O)CC[C@@H]23)[C@H]2CC[C@@](C)(O)C[C@@H]21.[S]=[W]. The summed E-state index contributed by atoms with van der Waals surface area (Å²) in [5, 5.41) is 28.8. The number of hydrogen-bond acceptors (Lipinski definition) is 8. The number of carbonyl (C=O) groups excluding carboxylic acids is 2. The van der Waals surface area contributed by atoms with Crippen molar-refractivity contribution in [2.75, 3.05) is 26.7 Å². The number of carbonyl (C=O) groups is 2. The van der Waals surface area contributed by atoms with Gasteiger partial charge in [0.05, 0.1) is 28.7 Å². The minimum absolute atomic E-state index is 0. The molecule has 0 unspecified atom stereocenters. The van der Waals surface area contributed by atoms with Gasteiger partial charge in [0.15, 0.2) is 0 Å². The first-order valence-electron chi connectivity index (χ1n) is 21.8. The van der Waals surface area contributed by atoms with Gasteiger partial charge in [0.1, 0.15) is 11.6 Å². The van der Waals surface area contributed by atoms with Gasteiger partial charge in [-0.1, -0.05) is 37.2 Å². The summed E-state index contributed by atoms with van der Waals surface area (Å²) >= 11 is 4.58. The van der Waals surface area contributed by atoms with Crippen molar-refractivity contribution in [3.8, 4) is 0 Å². The van der Waals surface area contributed by atoms with E-state index >= 15 is 0 Å². The summed E-state index contributed by atoms with van der Waals surface area (Å²) in [7, 11) is 8.89. The number of aliphatic hydroxyl groups excluding tert-OH is 1. The normalized spacial score (nSPS) is 49.6. The third kappa shape index (κ3) is 9.17. The summed E-state index contributed by atoms with van der Waals surface area (Å²) in [6.45, 7) is 10.6. The van der Waals surface area contributed by atoms with Crippen molar-refractivity contribution < 1.29 is 52.4 Å². The molecule has 10 heteroatoms. The fourth-order valence-electron chi connectivity index (χ4n) is 15.9. The number of ketones is 2. The van der Waals surface area contributed by atoms with Gasteiger partial charge < -0.3 is 24.8 Å². The number of halogens is 1. The van der Waals surface area contributed by atoms with E-state index in [1.165, 1.54) is 56.5 Å². The maximum absolute atomic E-state index is 12.6. The zero-order chi connectivity index (χ0) is 40.7. The van der Waals surface area contributed by atoms with Crippen LogP contribution in [-0.4, -0.2) is 77.0 Å². The molecule has 0 radical (unpaired) electrons. The molecule has 0 bridgehead atoms. The summed E-state index contributed by atoms with van der Waals surface area (Å²) in [6, 6.07) is 0. The van der Waals surface area contributed by atoms with Crippen LogP contribution in [0.1, 0.15) is 145 Å². The Balaban J connectivity index is 0.000000225. The van der Waals surface area contributed by atoms with E-state index in [0.29, 0.717) is 58.3 Å². The van der Waals surface area contributed by atoms with Crippen molar-refractivity contribution in [3.05, 3.63) is 0 Å². The molecule has 0 aromatic rings. The molecule has 0 saturated heterocycles. The molecule has 8 saturated carbocycles. The van der Waals surface area contributed by atoms with E-state index in [2.05, 4.69) is 39.6 Å². The average Bonchev–Trinajstić information content (AvgIpc) is 3.72. The fourth-order valence-corrected chi connectivity index (χ4v) is 16.3. The summed E-state index contributed by atoms with van der Waals surface area (Å²) < 4.78 is 12.0. The molecular formula is C46H79BrO7SW. The number of hydrogen-bond donors (Lipinski definition) is 3. The second kappa shape index (κ2) is 19.7. The maximum atomic E-state index is 12.6. The number of rotatable bonds is 5. The average molecular weight is 1040 g/mol. The van der Waals surface area contributed by atoms with Crippen molar-refractivity contribution >= 4 is 37.3 Å². The number of aliphatic hydroxyl groups is 3. The van der Waals surface area contributed by atoms with E-state index in [0.717, 1.165) is 89.1 Å². The second-order valence-electron chi connectivity index (χ2n) is 20.6. The van der Waals surface area contributed by atoms with Gasteiger partial charge in [-0.25, -0.2) is 0 Å². The van der Waals surface area contributed by atoms with Gasteiger partial charge in [-0.15, -0.1) is 0 Å². The Bertz CT molecular complexity index is 1330. The molecular weight excluding hydrogens is 960 g/mol. The molecule has 0 amide bonds. The zero-order valence-electron chi connectivity index (χ0n) is 35.3. The Labute approximate surface area is 364 Å². The Hall–Kier alpha value is 0.528. The van der Waals surface area contributed by atoms with Gasteiger partial charge in [0, 0.05) is 33.2 Å². The van der Waals surface area contributed by atoms with Crippen LogP contribution in [0, 0.1) is 81.8 Å². The van der Waals surface area contributed by atoms with Crippen LogP contribution in [0.25, 0.3) is 0 Å². The zero-order valence-corrected chi connectivity index (χ0v) is 40.6. The Morgan fingerprint density at radius 3 is 1.36 bits per heavy atom. The summed E-state index contributed by atoms with van der Waals surface area (Å²) in [5.41, 5.74) is -0.620. The van der Waals surface area contributed by atoms with Crippen molar-refractivity contribution in [2.45, 2.75) is 168 Å². The number of ether oxygens (including phenoxy) is 2. The van der Waals surface area contributed by atoms with Crippen LogP contribution >= 0.6 is 25.8 Å². The van der Waals surface area contributed by atoms with Crippen molar-refractivity contribution in [2.24, 2.45) is 81.8 Å². The summed E-state index contributed by atoms with van der Waals surface area (Å²) in [4.78, 5) is 24.8. The standard InChI is InChI=1S/C22H35BrO3.C22H36O3.CH4O.CH4.S.W/c1-21(25)8-6-14-13-7-9-22(2)17(4-5-18(22)19(24)12-23)15(13)10-20(26-3)16(14)11-21;1-13(23)18-5-6-19-16-11-20(25-4)17-12-21(2,24)9-7-15(17)14(16)8-10-22(18,19)3;1-2;;;/h13-18,20,25H,4-12H2,1-3H3;14-20,24H,5-12H2,1-4H3;2H,1H3;1H4;;/t13-,14-,15-,16+,17+,18-,20-,21-,22+;14-,15-,16-,17+,18-,19+,20-,21-,22-;;;;/m11..../s1. The first-order chi connectivity index (χ1) is 26.1. The molecule has 8 aliphatic rings. The summed E-state index contributed by atoms with van der Waals surface area (Å²) in [6.07, 6.45) is 18.4. The third-order valence-electron chi connectivity index (χ3n) is 18.1. The molecule has 0 aliphatic heterocycles. The van der Waals surface area contributed by atoms with Gasteiger partial charge in [0.2, 0.25) is 0 Å². The van der Waals surface area contributed by atoms with Gasteiger partial charge in [0.25, 0.3) is 0 Å². The van der Waals surface area contributed by atoms with Gasteiger partial charge in [-0.05, 0) is 194 Å². The van der Waals surface area contributed by atoms with E-state index in [9.17, 15) is 19.8 Å². The van der Waals surface area contributed by atoms with Crippen LogP contribution in [-0.2, 0) is 37.1 Å². The van der Waals surface area contributed by atoms with E-state index in [1.807, 2.05) is 35.0 Å². The van der Waals surface area contributed by atoms with Gasteiger partial charge in [-0.2, -0.15) is 0 Å². The Morgan fingerprint density at radius 1 is 0.625 bits per heavy atom. The monoisotopic (exact) mass is 1040 g/mol. The Morgan fingerprint density at radius 2 is 0.982 bits per heavy atom. The van der Waals surface area contributed by atoms with Gasteiger partial charge in [-0.3, -0.25) is 9.59 Å². The number of methoxy groups -OCH3 is 2. The minimum atomic E-state index is -0.519. The molecule has 0 aromatic heterocycles. The van der Waals surface area contributed by atoms with Crippen LogP contribution in [0.2, 0.25) is 0 Å². The summed E-state index contributed by atoms with van der Waals surface area (Å²) in [5.74, 6) is 8.16. The van der Waals surface area contributed by atoms with Crippen LogP contribution in [0.5, 0.6) is 0 Å². The molecule has 3 N–H and O–H groups in total. The first kappa shape index (κ1) is 49.2. The van der Waals surface area contributed by atoms with Crippen LogP contribution < -0.4 is 0 Å². The molecule has 324 valence electrons. The van der Waals surface area contributed by atoms with Crippen LogP contribution in [0.4, 0.5) is 0 Å². The second-order valence-corrected chi connectivity index (χ2v) is 21.1. The predicted octanol–water partition coefficient (Wildman–Crippen LogP) is 9.71. The quantitative estimate of drug-likeness (QED) is 0.234. The molecule has 56 heavy (non-hydrogen) atoms. The van der Waals surface area contributed by atoms with E-state index in [4.69, 9.17) is 14.6 Å². The van der Waals surface area contributed by atoms with E-state index in [1.54, 1.807) is 0 Å². The van der Waals surface area contributed by atoms with Crippen LogP contribution in [0.3, 0.4) is 0 Å². The molecule has 0 aromatic carbocycles. The number of alkyl halides is 1. The molecule has 18 atom stereocenters. The first-order valence-corrected chi connectivity index (χ1v) is 26.8. The number of Topliss-reactive ketones (excluding diaryl/α,β-unsaturated/α-hetero) is 2. The topological polar surface area (TPSA) is 113 Å². The molecule has 8 fully saturated rings. The van der Waals surface area contributed by atoms with E-state index in [-0.39, 0.29) is 42.3 Å². The predicted molar refractivity (Wildman–Crippen MR) is 227 cm³/mol. The number of fused-ring (bicyclic) bond motifs is 10. The van der Waals surface area contributed by atoms with E-state index < -0.39 is 11.2 Å². The van der Waals surface area contributed by atoms with Crippen molar-refractivity contribution in [3.63, 3.8) is 0 Å². The molecule has 0 spiro atoms. The fraction of sp³-hybridized carbons (Fsp3) is 0.957. The van der Waals surface area contributed by atoms with Crippen LogP contribution in [0.15, 0.2) is 0 Å². The molecule has 7 nitrogen and oxygen atoms in total. The molecule has 0 heterocycles. The van der Waals surface area contributed by atoms with Crippen molar-refractivity contribution in [1.29, 1.82) is 0 Å². The van der Waals surface area contributed by atoms with Crippen molar-refractivity contribution in [1.82, 2.24) is 0 Å². The third-order valence-corrected chi connectivity index (χ3v) is 18.7.